The van der Waals surface area contributed by atoms with Crippen molar-refractivity contribution in [3.8, 4) is 0 Å². The summed E-state index contributed by atoms with van der Waals surface area (Å²) >= 11 is 0.886. The summed E-state index contributed by atoms with van der Waals surface area (Å²) < 4.78 is 9.56. The van der Waals surface area contributed by atoms with E-state index >= 15 is 0 Å². The number of hydrogen-bond acceptors (Lipinski definition) is 7. The number of ether oxygens (including phenoxy) is 2. The number of nitrogens with one attached hydrogen (secondary N) is 1. The first-order valence-corrected chi connectivity index (χ1v) is 7.53. The highest BCUT2D eigenvalue weighted by molar-refractivity contribution is 7.18. The number of anilines is 1. The third kappa shape index (κ3) is 4.78. The Hall–Kier alpha value is -2.42. The summed E-state index contributed by atoms with van der Waals surface area (Å²) in [7, 11) is 1.18. The van der Waals surface area contributed by atoms with E-state index in [2.05, 4.69) is 10.1 Å². The maximum Gasteiger partial charge on any atom is 0.348 e. The highest BCUT2D eigenvalue weighted by atomic mass is 32.1. The molecule has 0 unspecified atom stereocenters. The number of methoxy groups -OCH3 is 1. The number of carboxylic acids is 1. The molecule has 0 spiro atoms. The molecule has 1 aromatic heterocycles. The lowest BCUT2D eigenvalue weighted by Crippen LogP contribution is -2.15. The Morgan fingerprint density at radius 3 is 2.35 bits per heavy atom. The molecule has 0 saturated heterocycles. The van der Waals surface area contributed by atoms with Crippen LogP contribution in [0.2, 0.25) is 0 Å². The summed E-state index contributed by atoms with van der Waals surface area (Å²) in [6.45, 7) is 3.36. The number of amides is 1. The van der Waals surface area contributed by atoms with E-state index in [4.69, 9.17) is 9.84 Å². The SMILES string of the molecule is CCOC(=O)c1sc(NC(=O)CCC(=O)O)c(C(=O)OC)c1C. The van der Waals surface area contributed by atoms with Gasteiger partial charge < -0.3 is 19.9 Å². The summed E-state index contributed by atoms with van der Waals surface area (Å²) in [4.78, 5) is 46.2. The largest absolute Gasteiger partial charge is 0.481 e. The standard InChI is InChI=1S/C14H17NO7S/c1-4-22-14(20)11-7(2)10(13(19)21-3)12(23-11)15-8(16)5-6-9(17)18/h4-6H2,1-3H3,(H,15,16)(H,17,18). The average Bonchev–Trinajstić information content (AvgIpc) is 2.81. The molecule has 0 aliphatic carbocycles. The minimum Gasteiger partial charge on any atom is -0.481 e. The molecular formula is C14H17NO7S. The van der Waals surface area contributed by atoms with Gasteiger partial charge in [0.1, 0.15) is 9.88 Å². The lowest BCUT2D eigenvalue weighted by atomic mass is 10.1. The van der Waals surface area contributed by atoms with Gasteiger partial charge in [-0.15, -0.1) is 11.3 Å². The van der Waals surface area contributed by atoms with Crippen molar-refractivity contribution in [3.63, 3.8) is 0 Å². The van der Waals surface area contributed by atoms with Crippen LogP contribution in [0.25, 0.3) is 0 Å². The molecule has 9 heteroatoms. The smallest absolute Gasteiger partial charge is 0.348 e. The molecule has 0 bridgehead atoms. The van der Waals surface area contributed by atoms with E-state index in [1.165, 1.54) is 7.11 Å². The predicted octanol–water partition coefficient (Wildman–Crippen LogP) is 1.82. The molecule has 23 heavy (non-hydrogen) atoms. The van der Waals surface area contributed by atoms with E-state index in [-0.39, 0.29) is 34.9 Å². The summed E-state index contributed by atoms with van der Waals surface area (Å²) in [6, 6.07) is 0. The summed E-state index contributed by atoms with van der Waals surface area (Å²) in [5.41, 5.74) is 0.401. The normalized spacial score (nSPS) is 10.0. The number of thiophene rings is 1. The van der Waals surface area contributed by atoms with Gasteiger partial charge in [0, 0.05) is 6.42 Å². The Balaban J connectivity index is 3.11. The summed E-state index contributed by atoms with van der Waals surface area (Å²) in [6.07, 6.45) is -0.587. The first-order chi connectivity index (χ1) is 10.8. The van der Waals surface area contributed by atoms with Crippen LogP contribution < -0.4 is 5.32 Å². The zero-order valence-corrected chi connectivity index (χ0v) is 13.7. The molecule has 0 radical (unpaired) electrons. The number of carbonyl (C=O) groups is 4. The molecule has 0 atom stereocenters. The highest BCUT2D eigenvalue weighted by Gasteiger charge is 2.26. The second-order valence-corrected chi connectivity index (χ2v) is 5.43. The molecule has 2 N–H and O–H groups in total. The predicted molar refractivity (Wildman–Crippen MR) is 81.9 cm³/mol. The molecule has 8 nitrogen and oxygen atoms in total. The average molecular weight is 343 g/mol. The molecule has 1 amide bonds. The molecule has 0 saturated carbocycles. The van der Waals surface area contributed by atoms with Crippen LogP contribution in [-0.2, 0) is 19.1 Å². The molecule has 0 aliphatic heterocycles. The zero-order valence-electron chi connectivity index (χ0n) is 12.9. The highest BCUT2D eigenvalue weighted by Crippen LogP contribution is 2.34. The molecule has 0 fully saturated rings. The molecule has 1 rings (SSSR count). The third-order valence-electron chi connectivity index (χ3n) is 2.82. The van der Waals surface area contributed by atoms with Gasteiger partial charge >= 0.3 is 17.9 Å². The van der Waals surface area contributed by atoms with Crippen LogP contribution in [-0.4, -0.2) is 42.6 Å². The van der Waals surface area contributed by atoms with Crippen LogP contribution in [0.5, 0.6) is 0 Å². The van der Waals surface area contributed by atoms with E-state index in [0.717, 1.165) is 11.3 Å². The van der Waals surface area contributed by atoms with E-state index in [9.17, 15) is 19.2 Å². The van der Waals surface area contributed by atoms with Crippen LogP contribution in [0, 0.1) is 6.92 Å². The maximum absolute atomic E-state index is 11.9. The number of esters is 2. The Morgan fingerprint density at radius 1 is 1.17 bits per heavy atom. The van der Waals surface area contributed by atoms with E-state index in [1.54, 1.807) is 13.8 Å². The fraction of sp³-hybridized carbons (Fsp3) is 0.429. The first kappa shape index (κ1) is 18.6. The lowest BCUT2D eigenvalue weighted by Gasteiger charge is -2.05. The Kier molecular flexibility index (Phi) is 6.70. The van der Waals surface area contributed by atoms with Gasteiger partial charge in [0.2, 0.25) is 5.91 Å². The van der Waals surface area contributed by atoms with Gasteiger partial charge in [-0.1, -0.05) is 0 Å². The summed E-state index contributed by atoms with van der Waals surface area (Å²) in [5, 5.41) is 11.2. The molecular weight excluding hydrogens is 326 g/mol. The number of hydrogen-bond donors (Lipinski definition) is 2. The monoisotopic (exact) mass is 343 g/mol. The van der Waals surface area contributed by atoms with Crippen LogP contribution in [0.15, 0.2) is 0 Å². The Bertz CT molecular complexity index is 635. The van der Waals surface area contributed by atoms with Crippen molar-refractivity contribution in [3.05, 3.63) is 16.0 Å². The molecule has 1 heterocycles. The van der Waals surface area contributed by atoms with Gasteiger partial charge in [0.15, 0.2) is 0 Å². The van der Waals surface area contributed by atoms with Crippen molar-refractivity contribution >= 4 is 40.2 Å². The second kappa shape index (κ2) is 8.28. The van der Waals surface area contributed by atoms with E-state index in [1.807, 2.05) is 0 Å². The van der Waals surface area contributed by atoms with Gasteiger partial charge in [-0.25, -0.2) is 9.59 Å². The minimum absolute atomic E-state index is 0.0595. The fourth-order valence-corrected chi connectivity index (χ4v) is 2.86. The Labute approximate surface area is 136 Å². The number of rotatable bonds is 7. The van der Waals surface area contributed by atoms with Gasteiger partial charge in [-0.05, 0) is 19.4 Å². The topological polar surface area (TPSA) is 119 Å². The molecule has 1 aromatic rings. The van der Waals surface area contributed by atoms with Crippen LogP contribution in [0.1, 0.15) is 45.4 Å². The number of carbonyl (C=O) groups excluding carboxylic acids is 3. The van der Waals surface area contributed by atoms with Gasteiger partial charge in [0.25, 0.3) is 0 Å². The van der Waals surface area contributed by atoms with Crippen molar-refractivity contribution in [2.24, 2.45) is 0 Å². The maximum atomic E-state index is 11.9. The van der Waals surface area contributed by atoms with Crippen LogP contribution >= 0.6 is 11.3 Å². The van der Waals surface area contributed by atoms with Gasteiger partial charge in [0.05, 0.1) is 25.7 Å². The van der Waals surface area contributed by atoms with Crippen LogP contribution in [0.3, 0.4) is 0 Å². The van der Waals surface area contributed by atoms with Gasteiger partial charge in [-0.2, -0.15) is 0 Å². The van der Waals surface area contributed by atoms with E-state index < -0.39 is 23.8 Å². The van der Waals surface area contributed by atoms with Crippen molar-refractivity contribution in [2.45, 2.75) is 26.7 Å². The fourth-order valence-electron chi connectivity index (χ4n) is 1.75. The third-order valence-corrected chi connectivity index (χ3v) is 4.00. The molecule has 0 aliphatic rings. The van der Waals surface area contributed by atoms with Crippen molar-refractivity contribution in [2.75, 3.05) is 19.0 Å². The summed E-state index contributed by atoms with van der Waals surface area (Å²) in [5.74, 6) is -2.99. The van der Waals surface area contributed by atoms with Crippen molar-refractivity contribution < 1.29 is 33.8 Å². The lowest BCUT2D eigenvalue weighted by molar-refractivity contribution is -0.138. The number of aliphatic carboxylic acids is 1. The zero-order chi connectivity index (χ0) is 17.6. The minimum atomic E-state index is -1.11. The van der Waals surface area contributed by atoms with Crippen molar-refractivity contribution in [1.29, 1.82) is 0 Å². The first-order valence-electron chi connectivity index (χ1n) is 6.72. The van der Waals surface area contributed by atoms with E-state index in [0.29, 0.717) is 5.56 Å². The second-order valence-electron chi connectivity index (χ2n) is 4.41. The number of carboxylic acid groups (broad SMARTS) is 1. The quantitative estimate of drug-likeness (QED) is 0.725. The Morgan fingerprint density at radius 2 is 1.83 bits per heavy atom. The van der Waals surface area contributed by atoms with Crippen molar-refractivity contribution in [1.82, 2.24) is 0 Å². The van der Waals surface area contributed by atoms with Gasteiger partial charge in [-0.3, -0.25) is 9.59 Å². The molecule has 0 aromatic carbocycles. The van der Waals surface area contributed by atoms with Crippen LogP contribution in [0.4, 0.5) is 5.00 Å². The molecule has 126 valence electrons.